The molecule has 0 radical (unpaired) electrons. The van der Waals surface area contributed by atoms with Gasteiger partial charge in [0.2, 0.25) is 5.91 Å². The fourth-order valence-corrected chi connectivity index (χ4v) is 2.68. The smallest absolute Gasteiger partial charge is 0.223 e. The molecule has 1 fully saturated rings. The van der Waals surface area contributed by atoms with Gasteiger partial charge >= 0.3 is 0 Å². The Kier molecular flexibility index (Phi) is 7.33. The highest BCUT2D eigenvalue weighted by Gasteiger charge is 2.27. The summed E-state index contributed by atoms with van der Waals surface area (Å²) in [6.45, 7) is 5.63. The molecule has 2 rings (SSSR count). The third-order valence-corrected chi connectivity index (χ3v) is 4.34. The van der Waals surface area contributed by atoms with Crippen LogP contribution in [0.5, 0.6) is 0 Å². The molecule has 4 nitrogen and oxygen atoms in total. The number of carbonyl (C=O) groups is 2. The van der Waals surface area contributed by atoms with E-state index in [-0.39, 0.29) is 49.0 Å². The Morgan fingerprint density at radius 2 is 1.86 bits per heavy atom. The fraction of sp³-hybridized carbons (Fsp3) is 0.500. The van der Waals surface area contributed by atoms with Gasteiger partial charge in [-0.05, 0) is 38.1 Å². The third kappa shape index (κ3) is 4.70. The highest BCUT2D eigenvalue weighted by molar-refractivity contribution is 6.30. The molecule has 0 bridgehead atoms. The van der Waals surface area contributed by atoms with Gasteiger partial charge in [-0.25, -0.2) is 0 Å². The van der Waals surface area contributed by atoms with Crippen LogP contribution < -0.4 is 5.32 Å². The lowest BCUT2D eigenvalue weighted by molar-refractivity contribution is -0.134. The Bertz CT molecular complexity index is 519. The zero-order chi connectivity index (χ0) is 15.4. The van der Waals surface area contributed by atoms with Gasteiger partial charge in [-0.2, -0.15) is 0 Å². The van der Waals surface area contributed by atoms with Gasteiger partial charge in [0.15, 0.2) is 5.78 Å². The Morgan fingerprint density at radius 1 is 1.23 bits per heavy atom. The van der Waals surface area contributed by atoms with Gasteiger partial charge in [-0.15, -0.1) is 12.4 Å². The molecule has 1 heterocycles. The molecule has 1 aromatic rings. The number of nitrogens with zero attached hydrogens (tertiary/aromatic N) is 1. The summed E-state index contributed by atoms with van der Waals surface area (Å²) in [4.78, 5) is 26.2. The minimum atomic E-state index is -0.0177. The van der Waals surface area contributed by atoms with Crippen LogP contribution in [0, 0.1) is 0 Å². The largest absolute Gasteiger partial charge is 0.337 e. The molecule has 1 N–H and O–H groups in total. The molecule has 6 heteroatoms. The summed E-state index contributed by atoms with van der Waals surface area (Å²) >= 11 is 5.80. The lowest BCUT2D eigenvalue weighted by Gasteiger charge is -2.38. The van der Waals surface area contributed by atoms with Crippen LogP contribution in [0.4, 0.5) is 0 Å². The van der Waals surface area contributed by atoms with Crippen LogP contribution >= 0.6 is 24.0 Å². The number of rotatable bonds is 4. The lowest BCUT2D eigenvalue weighted by atomic mass is 10.0. The molecule has 0 saturated carbocycles. The van der Waals surface area contributed by atoms with Crippen molar-refractivity contribution in [3.8, 4) is 0 Å². The molecule has 2 unspecified atom stereocenters. The van der Waals surface area contributed by atoms with Gasteiger partial charge in [0.25, 0.3) is 0 Å². The summed E-state index contributed by atoms with van der Waals surface area (Å²) in [6.07, 6.45) is 0.504. The fourth-order valence-electron chi connectivity index (χ4n) is 2.55. The number of Topliss-reactive ketones (excluding diaryl/α,β-unsaturated/α-hetero) is 1. The van der Waals surface area contributed by atoms with Crippen molar-refractivity contribution in [2.45, 2.75) is 38.8 Å². The lowest BCUT2D eigenvalue weighted by Crippen LogP contribution is -2.57. The molecule has 22 heavy (non-hydrogen) atoms. The molecule has 1 saturated heterocycles. The predicted molar refractivity (Wildman–Crippen MR) is 90.9 cm³/mol. The number of carbonyl (C=O) groups excluding carboxylic acids is 2. The van der Waals surface area contributed by atoms with Crippen molar-refractivity contribution in [3.63, 3.8) is 0 Å². The van der Waals surface area contributed by atoms with Crippen molar-refractivity contribution in [1.29, 1.82) is 0 Å². The average Bonchev–Trinajstić information content (AvgIpc) is 2.48. The van der Waals surface area contributed by atoms with Gasteiger partial charge in [0.1, 0.15) is 0 Å². The monoisotopic (exact) mass is 344 g/mol. The zero-order valence-electron chi connectivity index (χ0n) is 12.8. The molecule has 0 spiro atoms. The maximum atomic E-state index is 12.3. The third-order valence-electron chi connectivity index (χ3n) is 4.09. The molecule has 1 aliphatic heterocycles. The molecule has 1 aliphatic rings. The highest BCUT2D eigenvalue weighted by atomic mass is 35.5. The normalized spacial score (nSPS) is 21.1. The van der Waals surface area contributed by atoms with Crippen molar-refractivity contribution in [3.05, 3.63) is 34.9 Å². The van der Waals surface area contributed by atoms with Crippen LogP contribution in [0.3, 0.4) is 0 Å². The van der Waals surface area contributed by atoms with Crippen molar-refractivity contribution >= 4 is 35.7 Å². The molecule has 1 aromatic carbocycles. The standard InChI is InChI=1S/C16H21ClN2O2.ClH/c1-11-12(2)19(10-9-18-11)16(21)8-7-15(20)13-3-5-14(17)6-4-13;/h3-6,11-12,18H,7-10H2,1-2H3;1H. The first kappa shape index (κ1) is 18.9. The summed E-state index contributed by atoms with van der Waals surface area (Å²) in [5.74, 6) is 0.0361. The minimum absolute atomic E-state index is 0. The van der Waals surface area contributed by atoms with E-state index in [9.17, 15) is 9.59 Å². The number of nitrogens with one attached hydrogen (secondary N) is 1. The number of halogens is 2. The highest BCUT2D eigenvalue weighted by Crippen LogP contribution is 2.14. The van der Waals surface area contributed by atoms with Crippen LogP contribution in [-0.2, 0) is 4.79 Å². The first-order valence-corrected chi connectivity index (χ1v) is 7.68. The molecule has 122 valence electrons. The van der Waals surface area contributed by atoms with E-state index in [0.717, 1.165) is 6.54 Å². The second kappa shape index (κ2) is 8.51. The minimum Gasteiger partial charge on any atom is -0.337 e. The predicted octanol–water partition coefficient (Wildman–Crippen LogP) is 2.93. The van der Waals surface area contributed by atoms with Gasteiger partial charge in [-0.1, -0.05) is 11.6 Å². The summed E-state index contributed by atoms with van der Waals surface area (Å²) < 4.78 is 0. The number of piperazine rings is 1. The van der Waals surface area contributed by atoms with Crippen molar-refractivity contribution in [2.75, 3.05) is 13.1 Å². The number of hydrogen-bond acceptors (Lipinski definition) is 3. The van der Waals surface area contributed by atoms with E-state index in [0.29, 0.717) is 17.1 Å². The Hall–Kier alpha value is -1.10. The van der Waals surface area contributed by atoms with E-state index in [1.165, 1.54) is 0 Å². The van der Waals surface area contributed by atoms with Crippen molar-refractivity contribution in [2.24, 2.45) is 0 Å². The van der Waals surface area contributed by atoms with Crippen LogP contribution in [0.2, 0.25) is 5.02 Å². The SMILES string of the molecule is CC1NCCN(C(=O)CCC(=O)c2ccc(Cl)cc2)C1C.Cl. The van der Waals surface area contributed by atoms with Crippen LogP contribution in [0.1, 0.15) is 37.0 Å². The van der Waals surface area contributed by atoms with Crippen molar-refractivity contribution < 1.29 is 9.59 Å². The molecule has 0 aliphatic carbocycles. The van der Waals surface area contributed by atoms with Gasteiger partial charge in [0.05, 0.1) is 0 Å². The van der Waals surface area contributed by atoms with Crippen LogP contribution in [-0.4, -0.2) is 41.8 Å². The van der Waals surface area contributed by atoms with Gasteiger partial charge < -0.3 is 10.2 Å². The molecular weight excluding hydrogens is 323 g/mol. The number of ketones is 1. The quantitative estimate of drug-likeness (QED) is 0.854. The Morgan fingerprint density at radius 3 is 2.50 bits per heavy atom. The zero-order valence-corrected chi connectivity index (χ0v) is 14.4. The summed E-state index contributed by atoms with van der Waals surface area (Å²) in [5, 5.41) is 3.94. The number of benzene rings is 1. The van der Waals surface area contributed by atoms with Crippen LogP contribution in [0.15, 0.2) is 24.3 Å². The maximum absolute atomic E-state index is 12.3. The Labute approximate surface area is 142 Å². The molecule has 0 aromatic heterocycles. The molecule has 2 atom stereocenters. The number of amides is 1. The summed E-state index contributed by atoms with van der Waals surface area (Å²) in [6, 6.07) is 7.23. The second-order valence-electron chi connectivity index (χ2n) is 5.50. The van der Waals surface area contributed by atoms with Crippen LogP contribution in [0.25, 0.3) is 0 Å². The van der Waals surface area contributed by atoms with E-state index in [2.05, 4.69) is 12.2 Å². The van der Waals surface area contributed by atoms with E-state index in [1.54, 1.807) is 24.3 Å². The van der Waals surface area contributed by atoms with E-state index in [1.807, 2.05) is 11.8 Å². The first-order valence-electron chi connectivity index (χ1n) is 7.30. The Balaban J connectivity index is 0.00000242. The summed E-state index contributed by atoms with van der Waals surface area (Å²) in [7, 11) is 0. The second-order valence-corrected chi connectivity index (χ2v) is 5.94. The van der Waals surface area contributed by atoms with Gasteiger partial charge in [0, 0.05) is 48.6 Å². The first-order chi connectivity index (χ1) is 9.99. The molecule has 1 amide bonds. The van der Waals surface area contributed by atoms with Gasteiger partial charge in [-0.3, -0.25) is 9.59 Å². The average molecular weight is 345 g/mol. The van der Waals surface area contributed by atoms with E-state index < -0.39 is 0 Å². The molecular formula is C16H22Cl2N2O2. The van der Waals surface area contributed by atoms with E-state index in [4.69, 9.17) is 11.6 Å². The summed E-state index contributed by atoms with van der Waals surface area (Å²) in [5.41, 5.74) is 0.605. The maximum Gasteiger partial charge on any atom is 0.223 e. The topological polar surface area (TPSA) is 49.4 Å². The van der Waals surface area contributed by atoms with E-state index >= 15 is 0 Å². The van der Waals surface area contributed by atoms with Crippen molar-refractivity contribution in [1.82, 2.24) is 10.2 Å². The number of hydrogen-bond donors (Lipinski definition) is 1.